The Morgan fingerprint density at radius 2 is 2.59 bits per heavy atom. The summed E-state index contributed by atoms with van der Waals surface area (Å²) in [5, 5.41) is 17.0. The summed E-state index contributed by atoms with van der Waals surface area (Å²) in [6.07, 6.45) is 4.60. The SMILES string of the molecule is CS/C(=C/[N+](=O)[O-])NCCSCc1nccs1. The maximum absolute atomic E-state index is 10.3. The maximum Gasteiger partial charge on any atom is 0.263 e. The van der Waals surface area contributed by atoms with Crippen LogP contribution in [0.4, 0.5) is 0 Å². The molecule has 1 heterocycles. The summed E-state index contributed by atoms with van der Waals surface area (Å²) in [7, 11) is 0. The summed E-state index contributed by atoms with van der Waals surface area (Å²) in [4.78, 5) is 14.0. The summed E-state index contributed by atoms with van der Waals surface area (Å²) in [5.41, 5.74) is 0. The molecule has 1 rings (SSSR count). The fraction of sp³-hybridized carbons (Fsp3) is 0.444. The lowest BCUT2D eigenvalue weighted by molar-refractivity contribution is -0.403. The van der Waals surface area contributed by atoms with Crippen molar-refractivity contribution in [3.63, 3.8) is 0 Å². The Labute approximate surface area is 112 Å². The highest BCUT2D eigenvalue weighted by atomic mass is 32.2. The summed E-state index contributed by atoms with van der Waals surface area (Å²) >= 11 is 4.75. The fourth-order valence-corrected chi connectivity index (χ4v) is 3.00. The molecule has 0 aliphatic rings. The third-order valence-corrected chi connectivity index (χ3v) is 4.32. The van der Waals surface area contributed by atoms with Gasteiger partial charge in [-0.25, -0.2) is 4.98 Å². The van der Waals surface area contributed by atoms with Crippen LogP contribution in [0.25, 0.3) is 0 Å². The van der Waals surface area contributed by atoms with Crippen LogP contribution in [-0.2, 0) is 5.75 Å². The van der Waals surface area contributed by atoms with Crippen molar-refractivity contribution in [1.29, 1.82) is 0 Å². The Morgan fingerprint density at radius 3 is 3.18 bits per heavy atom. The third kappa shape index (κ3) is 6.54. The Morgan fingerprint density at radius 1 is 1.76 bits per heavy atom. The minimum Gasteiger partial charge on any atom is -0.374 e. The van der Waals surface area contributed by atoms with Crippen molar-refractivity contribution in [3.8, 4) is 0 Å². The summed E-state index contributed by atoms with van der Waals surface area (Å²) in [5.74, 6) is 1.79. The van der Waals surface area contributed by atoms with Gasteiger partial charge in [0.2, 0.25) is 0 Å². The van der Waals surface area contributed by atoms with E-state index in [0.717, 1.165) is 29.3 Å². The quantitative estimate of drug-likeness (QED) is 0.450. The van der Waals surface area contributed by atoms with Crippen LogP contribution in [0.5, 0.6) is 0 Å². The minimum atomic E-state index is -0.443. The van der Waals surface area contributed by atoms with Gasteiger partial charge < -0.3 is 5.32 Å². The van der Waals surface area contributed by atoms with E-state index in [4.69, 9.17) is 0 Å². The highest BCUT2D eigenvalue weighted by Crippen LogP contribution is 2.14. The average molecular weight is 291 g/mol. The van der Waals surface area contributed by atoms with Gasteiger partial charge in [-0.1, -0.05) is 0 Å². The molecular formula is C9H13N3O2S3. The molecule has 94 valence electrons. The number of hydrogen-bond donors (Lipinski definition) is 1. The van der Waals surface area contributed by atoms with Gasteiger partial charge in [-0.05, 0) is 6.26 Å². The van der Waals surface area contributed by atoms with Crippen LogP contribution in [0, 0.1) is 10.1 Å². The molecule has 0 spiro atoms. The molecule has 17 heavy (non-hydrogen) atoms. The second-order valence-electron chi connectivity index (χ2n) is 2.89. The molecule has 0 aliphatic carbocycles. The standard InChI is InChI=1S/C9H13N3O2S3/c1-15-8(6-12(13)14)10-2-4-16-7-9-11-3-5-17-9/h3,5-6,10H,2,4,7H2,1H3/b8-6+. The largest absolute Gasteiger partial charge is 0.374 e. The summed E-state index contributed by atoms with van der Waals surface area (Å²) in [6.45, 7) is 0.719. The number of aromatic nitrogens is 1. The predicted octanol–water partition coefficient (Wildman–Crippen LogP) is 2.40. The lowest BCUT2D eigenvalue weighted by atomic mass is 10.7. The molecule has 5 nitrogen and oxygen atoms in total. The van der Waals surface area contributed by atoms with Crippen molar-refractivity contribution < 1.29 is 4.92 Å². The highest BCUT2D eigenvalue weighted by Gasteiger charge is 2.00. The van der Waals surface area contributed by atoms with Gasteiger partial charge in [0.15, 0.2) is 0 Å². The molecule has 0 radical (unpaired) electrons. The molecule has 1 aromatic heterocycles. The molecule has 0 atom stereocenters. The molecule has 1 N–H and O–H groups in total. The van der Waals surface area contributed by atoms with Gasteiger partial charge in [-0.15, -0.1) is 23.1 Å². The van der Waals surface area contributed by atoms with E-state index in [-0.39, 0.29) is 0 Å². The van der Waals surface area contributed by atoms with Crippen LogP contribution in [-0.4, -0.2) is 28.5 Å². The Bertz CT molecular complexity index is 368. The number of thiazole rings is 1. The van der Waals surface area contributed by atoms with Crippen LogP contribution in [0.2, 0.25) is 0 Å². The van der Waals surface area contributed by atoms with Gasteiger partial charge in [-0.2, -0.15) is 11.8 Å². The average Bonchev–Trinajstić information content (AvgIpc) is 2.79. The van der Waals surface area contributed by atoms with Gasteiger partial charge in [0, 0.05) is 29.6 Å². The maximum atomic E-state index is 10.3. The van der Waals surface area contributed by atoms with E-state index in [1.807, 2.05) is 11.6 Å². The highest BCUT2D eigenvalue weighted by molar-refractivity contribution is 8.02. The first-order chi connectivity index (χ1) is 8.22. The van der Waals surface area contributed by atoms with Gasteiger partial charge >= 0.3 is 0 Å². The number of nitrogens with zero attached hydrogens (tertiary/aromatic N) is 2. The molecular weight excluding hydrogens is 278 g/mol. The van der Waals surface area contributed by atoms with E-state index < -0.39 is 4.92 Å². The normalized spacial score (nSPS) is 11.5. The number of hydrogen-bond acceptors (Lipinski definition) is 7. The third-order valence-electron chi connectivity index (χ3n) is 1.70. The Balaban J connectivity index is 2.13. The van der Waals surface area contributed by atoms with Crippen LogP contribution in [0.3, 0.4) is 0 Å². The first-order valence-corrected chi connectivity index (χ1v) is 8.07. The van der Waals surface area contributed by atoms with Crippen molar-refractivity contribution in [2.24, 2.45) is 0 Å². The molecule has 0 aromatic carbocycles. The molecule has 0 amide bonds. The molecule has 0 unspecified atom stereocenters. The van der Waals surface area contributed by atoms with Crippen molar-refractivity contribution in [2.45, 2.75) is 5.75 Å². The van der Waals surface area contributed by atoms with E-state index >= 15 is 0 Å². The van der Waals surface area contributed by atoms with Gasteiger partial charge in [-0.3, -0.25) is 10.1 Å². The summed E-state index contributed by atoms with van der Waals surface area (Å²) < 4.78 is 0. The fourth-order valence-electron chi connectivity index (χ4n) is 0.996. The zero-order valence-corrected chi connectivity index (χ0v) is 11.7. The van der Waals surface area contributed by atoms with Gasteiger partial charge in [0.05, 0.1) is 4.92 Å². The monoisotopic (exact) mass is 291 g/mol. The van der Waals surface area contributed by atoms with Crippen LogP contribution >= 0.6 is 34.9 Å². The zero-order chi connectivity index (χ0) is 12.5. The van der Waals surface area contributed by atoms with Crippen molar-refractivity contribution in [2.75, 3.05) is 18.6 Å². The lowest BCUT2D eigenvalue weighted by Crippen LogP contribution is -2.15. The van der Waals surface area contributed by atoms with E-state index in [1.54, 1.807) is 29.3 Å². The zero-order valence-electron chi connectivity index (χ0n) is 9.29. The van der Waals surface area contributed by atoms with E-state index in [1.165, 1.54) is 11.8 Å². The molecule has 0 bridgehead atoms. The Kier molecular flexibility index (Phi) is 7.06. The smallest absolute Gasteiger partial charge is 0.263 e. The van der Waals surface area contributed by atoms with Crippen molar-refractivity contribution in [1.82, 2.24) is 10.3 Å². The van der Waals surface area contributed by atoms with E-state index in [9.17, 15) is 10.1 Å². The summed E-state index contributed by atoms with van der Waals surface area (Å²) in [6, 6.07) is 0. The second kappa shape index (κ2) is 8.37. The van der Waals surface area contributed by atoms with E-state index in [2.05, 4.69) is 10.3 Å². The number of rotatable bonds is 8. The molecule has 0 saturated heterocycles. The number of thioether (sulfide) groups is 2. The molecule has 1 aromatic rings. The van der Waals surface area contributed by atoms with Crippen molar-refractivity contribution in [3.05, 3.63) is 37.9 Å². The topological polar surface area (TPSA) is 68.1 Å². The Hall–Kier alpha value is -0.730. The molecule has 8 heteroatoms. The van der Waals surface area contributed by atoms with Crippen molar-refractivity contribution >= 4 is 34.9 Å². The lowest BCUT2D eigenvalue weighted by Gasteiger charge is -2.05. The van der Waals surface area contributed by atoms with Gasteiger partial charge in [0.1, 0.15) is 10.0 Å². The van der Waals surface area contributed by atoms with Crippen LogP contribution in [0.1, 0.15) is 5.01 Å². The molecule has 0 fully saturated rings. The minimum absolute atomic E-state index is 0.443. The van der Waals surface area contributed by atoms with Gasteiger partial charge in [0.25, 0.3) is 6.20 Å². The molecule has 0 aliphatic heterocycles. The first-order valence-electron chi connectivity index (χ1n) is 4.81. The number of nitro groups is 1. The molecule has 0 saturated carbocycles. The predicted molar refractivity (Wildman–Crippen MR) is 74.9 cm³/mol. The van der Waals surface area contributed by atoms with E-state index in [0.29, 0.717) is 5.03 Å². The van der Waals surface area contributed by atoms with Crippen LogP contribution < -0.4 is 5.32 Å². The van der Waals surface area contributed by atoms with Crippen LogP contribution in [0.15, 0.2) is 22.8 Å². The second-order valence-corrected chi connectivity index (χ2v) is 5.82. The first kappa shape index (κ1) is 14.3. The number of nitrogens with one attached hydrogen (secondary N) is 1.